The summed E-state index contributed by atoms with van der Waals surface area (Å²) in [6, 6.07) is 5.94. The number of carbonyl (C=O) groups excluding carboxylic acids is 1. The number of benzene rings is 1. The standard InChI is InChI=1S/C14H19N3O3/c1-2-15-6-8-16(9-7-15)11-14(18)12-4-3-5-13(10-12)17(19)20/h3-5,10H,2,6-9,11H2,1H3. The van der Waals surface area contributed by atoms with E-state index in [4.69, 9.17) is 0 Å². The number of Topliss-reactive ketones (excluding diaryl/α,β-unsaturated/α-hetero) is 1. The molecule has 1 heterocycles. The van der Waals surface area contributed by atoms with Crippen LogP contribution in [-0.4, -0.2) is 59.8 Å². The van der Waals surface area contributed by atoms with Gasteiger partial charge in [0.05, 0.1) is 11.5 Å². The molecule has 1 aliphatic heterocycles. The fourth-order valence-electron chi connectivity index (χ4n) is 2.35. The maximum absolute atomic E-state index is 12.2. The highest BCUT2D eigenvalue weighted by Crippen LogP contribution is 2.14. The highest BCUT2D eigenvalue weighted by molar-refractivity contribution is 5.98. The van der Waals surface area contributed by atoms with Crippen LogP contribution in [0.4, 0.5) is 5.69 Å². The maximum atomic E-state index is 12.2. The lowest BCUT2D eigenvalue weighted by molar-refractivity contribution is -0.384. The average molecular weight is 277 g/mol. The van der Waals surface area contributed by atoms with E-state index in [2.05, 4.69) is 16.7 Å². The molecule has 0 atom stereocenters. The van der Waals surface area contributed by atoms with Gasteiger partial charge in [-0.15, -0.1) is 0 Å². The Morgan fingerprint density at radius 2 is 1.90 bits per heavy atom. The van der Waals surface area contributed by atoms with Gasteiger partial charge in [-0.05, 0) is 6.54 Å². The molecule has 0 radical (unpaired) electrons. The van der Waals surface area contributed by atoms with Crippen molar-refractivity contribution in [2.45, 2.75) is 6.92 Å². The molecule has 1 fully saturated rings. The highest BCUT2D eigenvalue weighted by Gasteiger charge is 2.19. The van der Waals surface area contributed by atoms with Crippen molar-refractivity contribution in [3.05, 3.63) is 39.9 Å². The van der Waals surface area contributed by atoms with E-state index in [-0.39, 0.29) is 11.5 Å². The van der Waals surface area contributed by atoms with Crippen molar-refractivity contribution < 1.29 is 9.72 Å². The van der Waals surface area contributed by atoms with Crippen molar-refractivity contribution in [1.29, 1.82) is 0 Å². The molecule has 0 bridgehead atoms. The normalized spacial score (nSPS) is 17.1. The van der Waals surface area contributed by atoms with Gasteiger partial charge in [0.1, 0.15) is 0 Å². The van der Waals surface area contributed by atoms with Crippen molar-refractivity contribution in [3.63, 3.8) is 0 Å². The Morgan fingerprint density at radius 1 is 1.25 bits per heavy atom. The van der Waals surface area contributed by atoms with Crippen molar-refractivity contribution in [2.75, 3.05) is 39.3 Å². The summed E-state index contributed by atoms with van der Waals surface area (Å²) in [4.78, 5) is 26.8. The second kappa shape index (κ2) is 6.58. The molecule has 1 saturated heterocycles. The Kier molecular flexibility index (Phi) is 4.81. The molecule has 0 unspecified atom stereocenters. The summed E-state index contributed by atoms with van der Waals surface area (Å²) in [5, 5.41) is 10.7. The minimum Gasteiger partial charge on any atom is -0.301 e. The van der Waals surface area contributed by atoms with E-state index in [1.165, 1.54) is 12.1 Å². The number of rotatable bonds is 5. The number of hydrogen-bond acceptors (Lipinski definition) is 5. The number of carbonyl (C=O) groups is 1. The predicted molar refractivity (Wildman–Crippen MR) is 76.0 cm³/mol. The molecule has 1 aromatic carbocycles. The summed E-state index contributed by atoms with van der Waals surface area (Å²) < 4.78 is 0. The lowest BCUT2D eigenvalue weighted by Crippen LogP contribution is -2.47. The second-order valence-corrected chi connectivity index (χ2v) is 4.94. The van der Waals surface area contributed by atoms with Crippen LogP contribution in [0, 0.1) is 10.1 Å². The third-order valence-electron chi connectivity index (χ3n) is 3.66. The predicted octanol–water partition coefficient (Wildman–Crippen LogP) is 1.41. The van der Waals surface area contributed by atoms with Gasteiger partial charge < -0.3 is 4.90 Å². The molecule has 2 rings (SSSR count). The highest BCUT2D eigenvalue weighted by atomic mass is 16.6. The zero-order valence-electron chi connectivity index (χ0n) is 11.6. The average Bonchev–Trinajstić information content (AvgIpc) is 2.48. The number of nitro benzene ring substituents is 1. The van der Waals surface area contributed by atoms with E-state index in [1.807, 2.05) is 0 Å². The van der Waals surface area contributed by atoms with Gasteiger partial charge in [0, 0.05) is 43.9 Å². The second-order valence-electron chi connectivity index (χ2n) is 4.94. The van der Waals surface area contributed by atoms with E-state index in [0.717, 1.165) is 32.7 Å². The van der Waals surface area contributed by atoms with E-state index in [0.29, 0.717) is 12.1 Å². The molecular weight excluding hydrogens is 258 g/mol. The van der Waals surface area contributed by atoms with Crippen LogP contribution in [0.25, 0.3) is 0 Å². The maximum Gasteiger partial charge on any atom is 0.270 e. The fourth-order valence-corrected chi connectivity index (χ4v) is 2.35. The Hall–Kier alpha value is -1.79. The summed E-state index contributed by atoms with van der Waals surface area (Å²) in [5.74, 6) is -0.0568. The molecule has 1 aromatic rings. The number of ketones is 1. The minimum absolute atomic E-state index is 0.0355. The van der Waals surface area contributed by atoms with Gasteiger partial charge in [-0.3, -0.25) is 19.8 Å². The molecule has 0 aromatic heterocycles. The van der Waals surface area contributed by atoms with Gasteiger partial charge in [-0.2, -0.15) is 0 Å². The number of nitro groups is 1. The van der Waals surface area contributed by atoms with E-state index < -0.39 is 4.92 Å². The van der Waals surface area contributed by atoms with Crippen LogP contribution in [0.1, 0.15) is 17.3 Å². The molecule has 20 heavy (non-hydrogen) atoms. The molecule has 6 heteroatoms. The first kappa shape index (κ1) is 14.6. The van der Waals surface area contributed by atoms with E-state index in [9.17, 15) is 14.9 Å². The number of piperazine rings is 1. The van der Waals surface area contributed by atoms with Crippen LogP contribution in [0.2, 0.25) is 0 Å². The Morgan fingerprint density at radius 3 is 2.50 bits per heavy atom. The molecule has 0 spiro atoms. The SMILES string of the molecule is CCN1CCN(CC(=O)c2cccc([N+](=O)[O-])c2)CC1. The van der Waals surface area contributed by atoms with Gasteiger partial charge in [0.2, 0.25) is 0 Å². The van der Waals surface area contributed by atoms with E-state index >= 15 is 0 Å². The first-order valence-electron chi connectivity index (χ1n) is 6.82. The summed E-state index contributed by atoms with van der Waals surface area (Å²) in [7, 11) is 0. The van der Waals surface area contributed by atoms with Crippen molar-refractivity contribution in [2.24, 2.45) is 0 Å². The largest absolute Gasteiger partial charge is 0.301 e. The molecule has 0 aliphatic carbocycles. The van der Waals surface area contributed by atoms with Gasteiger partial charge >= 0.3 is 0 Å². The molecule has 0 N–H and O–H groups in total. The third kappa shape index (κ3) is 3.61. The van der Waals surface area contributed by atoms with Gasteiger partial charge in [0.25, 0.3) is 5.69 Å². The molecule has 0 saturated carbocycles. The van der Waals surface area contributed by atoms with Crippen molar-refractivity contribution >= 4 is 11.5 Å². The quantitative estimate of drug-likeness (QED) is 0.462. The zero-order valence-corrected chi connectivity index (χ0v) is 11.6. The van der Waals surface area contributed by atoms with Crippen LogP contribution in [0.15, 0.2) is 24.3 Å². The van der Waals surface area contributed by atoms with Crippen LogP contribution in [-0.2, 0) is 0 Å². The fraction of sp³-hybridized carbons (Fsp3) is 0.500. The number of likely N-dealkylation sites (N-methyl/N-ethyl adjacent to an activating group) is 1. The zero-order chi connectivity index (χ0) is 14.5. The molecule has 108 valence electrons. The molecule has 1 aliphatic rings. The first-order chi connectivity index (χ1) is 9.60. The summed E-state index contributed by atoms with van der Waals surface area (Å²) in [5.41, 5.74) is 0.378. The number of nitrogens with zero attached hydrogens (tertiary/aromatic N) is 3. The van der Waals surface area contributed by atoms with Crippen molar-refractivity contribution in [1.82, 2.24) is 9.80 Å². The summed E-state index contributed by atoms with van der Waals surface area (Å²) >= 11 is 0. The molecule has 0 amide bonds. The Bertz CT molecular complexity index is 496. The number of hydrogen-bond donors (Lipinski definition) is 0. The lowest BCUT2D eigenvalue weighted by Gasteiger charge is -2.33. The molecular formula is C14H19N3O3. The minimum atomic E-state index is -0.475. The lowest BCUT2D eigenvalue weighted by atomic mass is 10.1. The Balaban J connectivity index is 1.95. The van der Waals surface area contributed by atoms with Gasteiger partial charge in [-0.1, -0.05) is 19.1 Å². The van der Waals surface area contributed by atoms with Crippen LogP contribution in [0.5, 0.6) is 0 Å². The third-order valence-corrected chi connectivity index (χ3v) is 3.66. The van der Waals surface area contributed by atoms with Crippen LogP contribution < -0.4 is 0 Å². The Labute approximate surface area is 118 Å². The summed E-state index contributed by atoms with van der Waals surface area (Å²) in [6.45, 7) is 7.18. The van der Waals surface area contributed by atoms with Crippen molar-refractivity contribution in [3.8, 4) is 0 Å². The van der Waals surface area contributed by atoms with Gasteiger partial charge in [-0.25, -0.2) is 0 Å². The topological polar surface area (TPSA) is 66.7 Å². The van der Waals surface area contributed by atoms with Crippen LogP contribution >= 0.6 is 0 Å². The first-order valence-corrected chi connectivity index (χ1v) is 6.82. The van der Waals surface area contributed by atoms with E-state index in [1.54, 1.807) is 12.1 Å². The van der Waals surface area contributed by atoms with Crippen LogP contribution in [0.3, 0.4) is 0 Å². The van der Waals surface area contributed by atoms with Gasteiger partial charge in [0.15, 0.2) is 5.78 Å². The molecule has 6 nitrogen and oxygen atoms in total. The summed E-state index contributed by atoms with van der Waals surface area (Å²) in [6.07, 6.45) is 0. The smallest absolute Gasteiger partial charge is 0.270 e. The number of non-ortho nitro benzene ring substituents is 1. The monoisotopic (exact) mass is 277 g/mol.